The molecule has 0 unspecified atom stereocenters. The van der Waals surface area contributed by atoms with E-state index in [0.717, 1.165) is 17.2 Å². The van der Waals surface area contributed by atoms with Crippen molar-refractivity contribution in [2.24, 2.45) is 0 Å². The van der Waals surface area contributed by atoms with Crippen LogP contribution in [0.5, 0.6) is 0 Å². The van der Waals surface area contributed by atoms with Crippen molar-refractivity contribution in [3.8, 4) is 11.4 Å². The van der Waals surface area contributed by atoms with Gasteiger partial charge in [-0.1, -0.05) is 12.1 Å². The summed E-state index contributed by atoms with van der Waals surface area (Å²) in [6.07, 6.45) is 2.06. The summed E-state index contributed by atoms with van der Waals surface area (Å²) in [5.74, 6) is 1.60. The second-order valence-electron chi connectivity index (χ2n) is 2.97. The zero-order valence-corrected chi connectivity index (χ0v) is 8.93. The summed E-state index contributed by atoms with van der Waals surface area (Å²) < 4.78 is 0. The Morgan fingerprint density at radius 2 is 1.93 bits per heavy atom. The highest BCUT2D eigenvalue weighted by Crippen LogP contribution is 2.19. The van der Waals surface area contributed by atoms with Crippen LogP contribution in [0.15, 0.2) is 29.2 Å². The zero-order valence-electron chi connectivity index (χ0n) is 8.11. The van der Waals surface area contributed by atoms with Gasteiger partial charge in [-0.3, -0.25) is 5.10 Å². The number of benzene rings is 1. The minimum absolute atomic E-state index is 0.759. The van der Waals surface area contributed by atoms with E-state index in [0.29, 0.717) is 0 Å². The Morgan fingerprint density at radius 3 is 2.43 bits per heavy atom. The lowest BCUT2D eigenvalue weighted by Crippen LogP contribution is -1.80. The number of H-pyrrole nitrogens is 1. The molecule has 1 N–H and O–H groups in total. The van der Waals surface area contributed by atoms with Gasteiger partial charge in [-0.05, 0) is 25.3 Å². The average Bonchev–Trinajstić information content (AvgIpc) is 2.65. The van der Waals surface area contributed by atoms with Crippen LogP contribution in [0.2, 0.25) is 0 Å². The quantitative estimate of drug-likeness (QED) is 0.766. The first-order chi connectivity index (χ1) is 6.79. The maximum atomic E-state index is 4.26. The Labute approximate surface area is 87.0 Å². The lowest BCUT2D eigenvalue weighted by molar-refractivity contribution is 1.04. The molecule has 1 aromatic heterocycles. The molecule has 0 aliphatic rings. The van der Waals surface area contributed by atoms with Crippen molar-refractivity contribution in [1.82, 2.24) is 15.2 Å². The van der Waals surface area contributed by atoms with Crippen LogP contribution in [0.1, 0.15) is 5.82 Å². The number of hydrogen-bond donors (Lipinski definition) is 1. The third kappa shape index (κ3) is 1.80. The van der Waals surface area contributed by atoms with E-state index in [9.17, 15) is 0 Å². The van der Waals surface area contributed by atoms with E-state index in [4.69, 9.17) is 0 Å². The summed E-state index contributed by atoms with van der Waals surface area (Å²) in [5.41, 5.74) is 1.05. The highest BCUT2D eigenvalue weighted by Gasteiger charge is 2.02. The minimum Gasteiger partial charge on any atom is -0.263 e. The molecule has 14 heavy (non-hydrogen) atoms. The molecule has 72 valence electrons. The predicted molar refractivity (Wildman–Crippen MR) is 58.3 cm³/mol. The Morgan fingerprint density at radius 1 is 1.21 bits per heavy atom. The second kappa shape index (κ2) is 3.84. The Hall–Kier alpha value is -1.29. The van der Waals surface area contributed by atoms with Crippen molar-refractivity contribution < 1.29 is 0 Å². The van der Waals surface area contributed by atoms with Crippen LogP contribution in [0.3, 0.4) is 0 Å². The number of hydrogen-bond acceptors (Lipinski definition) is 3. The van der Waals surface area contributed by atoms with E-state index >= 15 is 0 Å². The Bertz CT molecular complexity index is 419. The van der Waals surface area contributed by atoms with Gasteiger partial charge < -0.3 is 0 Å². The average molecular weight is 205 g/mol. The van der Waals surface area contributed by atoms with Gasteiger partial charge in [0.1, 0.15) is 5.82 Å². The summed E-state index contributed by atoms with van der Waals surface area (Å²) in [5, 5.41) is 6.93. The Kier molecular flexibility index (Phi) is 2.54. The van der Waals surface area contributed by atoms with Gasteiger partial charge in [0.25, 0.3) is 0 Å². The lowest BCUT2D eigenvalue weighted by Gasteiger charge is -1.97. The first-order valence-electron chi connectivity index (χ1n) is 4.33. The largest absolute Gasteiger partial charge is 0.263 e. The van der Waals surface area contributed by atoms with Gasteiger partial charge in [0.2, 0.25) is 0 Å². The topological polar surface area (TPSA) is 41.6 Å². The van der Waals surface area contributed by atoms with Crippen LogP contribution in [0, 0.1) is 6.92 Å². The fourth-order valence-electron chi connectivity index (χ4n) is 1.21. The number of thioether (sulfide) groups is 1. The van der Waals surface area contributed by atoms with Gasteiger partial charge >= 0.3 is 0 Å². The Balaban J connectivity index is 2.33. The molecule has 0 saturated heterocycles. The standard InChI is InChI=1S/C10H11N3S/c1-7-11-10(13-12-7)8-3-5-9(14-2)6-4-8/h3-6H,1-2H3,(H,11,12,13). The summed E-state index contributed by atoms with van der Waals surface area (Å²) >= 11 is 1.73. The fraction of sp³-hybridized carbons (Fsp3) is 0.200. The molecule has 3 nitrogen and oxygen atoms in total. The number of nitrogens with one attached hydrogen (secondary N) is 1. The molecule has 0 aliphatic heterocycles. The van der Waals surface area contributed by atoms with Crippen LogP contribution < -0.4 is 0 Å². The van der Waals surface area contributed by atoms with E-state index < -0.39 is 0 Å². The minimum atomic E-state index is 0.759. The summed E-state index contributed by atoms with van der Waals surface area (Å²) in [6.45, 7) is 1.90. The molecule has 0 atom stereocenters. The molecule has 0 aliphatic carbocycles. The van der Waals surface area contributed by atoms with E-state index in [1.807, 2.05) is 19.1 Å². The van der Waals surface area contributed by atoms with Crippen LogP contribution >= 0.6 is 11.8 Å². The number of aryl methyl sites for hydroxylation is 1. The van der Waals surface area contributed by atoms with E-state index in [1.54, 1.807) is 11.8 Å². The highest BCUT2D eigenvalue weighted by molar-refractivity contribution is 7.98. The molecule has 0 spiro atoms. The van der Waals surface area contributed by atoms with Crippen LogP contribution in [-0.4, -0.2) is 21.4 Å². The number of rotatable bonds is 2. The molecule has 2 rings (SSSR count). The predicted octanol–water partition coefficient (Wildman–Crippen LogP) is 2.50. The van der Waals surface area contributed by atoms with Gasteiger partial charge in [0.15, 0.2) is 5.82 Å². The maximum Gasteiger partial charge on any atom is 0.181 e. The highest BCUT2D eigenvalue weighted by atomic mass is 32.2. The SMILES string of the molecule is CSc1ccc(-c2n[nH]c(C)n2)cc1. The van der Waals surface area contributed by atoms with E-state index in [2.05, 4.69) is 33.6 Å². The molecule has 2 aromatic rings. The zero-order chi connectivity index (χ0) is 9.97. The number of aromatic nitrogens is 3. The van der Waals surface area contributed by atoms with Crippen molar-refractivity contribution in [3.05, 3.63) is 30.1 Å². The van der Waals surface area contributed by atoms with Crippen molar-refractivity contribution >= 4 is 11.8 Å². The number of aromatic amines is 1. The first kappa shape index (κ1) is 9.27. The molecule has 0 radical (unpaired) electrons. The first-order valence-corrected chi connectivity index (χ1v) is 5.55. The molecule has 0 amide bonds. The molecule has 0 saturated carbocycles. The summed E-state index contributed by atoms with van der Waals surface area (Å²) in [7, 11) is 0. The van der Waals surface area contributed by atoms with Crippen molar-refractivity contribution in [2.45, 2.75) is 11.8 Å². The molecular weight excluding hydrogens is 194 g/mol. The van der Waals surface area contributed by atoms with Crippen LogP contribution in [0.25, 0.3) is 11.4 Å². The van der Waals surface area contributed by atoms with Crippen molar-refractivity contribution in [1.29, 1.82) is 0 Å². The van der Waals surface area contributed by atoms with Crippen molar-refractivity contribution in [2.75, 3.05) is 6.26 Å². The van der Waals surface area contributed by atoms with Crippen LogP contribution in [-0.2, 0) is 0 Å². The normalized spacial score (nSPS) is 10.4. The van der Waals surface area contributed by atoms with Gasteiger partial charge in [0.05, 0.1) is 0 Å². The van der Waals surface area contributed by atoms with Gasteiger partial charge in [-0.25, -0.2) is 4.98 Å². The molecular formula is C10H11N3S. The fourth-order valence-corrected chi connectivity index (χ4v) is 1.62. The maximum absolute atomic E-state index is 4.26. The van der Waals surface area contributed by atoms with Crippen molar-refractivity contribution in [3.63, 3.8) is 0 Å². The summed E-state index contributed by atoms with van der Waals surface area (Å²) in [4.78, 5) is 5.51. The van der Waals surface area contributed by atoms with Gasteiger partial charge in [0, 0.05) is 10.5 Å². The molecule has 1 heterocycles. The molecule has 0 bridgehead atoms. The third-order valence-electron chi connectivity index (χ3n) is 1.95. The van der Waals surface area contributed by atoms with Gasteiger partial charge in [-0.15, -0.1) is 11.8 Å². The smallest absolute Gasteiger partial charge is 0.181 e. The van der Waals surface area contributed by atoms with Gasteiger partial charge in [-0.2, -0.15) is 5.10 Å². The van der Waals surface area contributed by atoms with E-state index in [-0.39, 0.29) is 0 Å². The van der Waals surface area contributed by atoms with E-state index in [1.165, 1.54) is 4.90 Å². The summed E-state index contributed by atoms with van der Waals surface area (Å²) in [6, 6.07) is 8.22. The molecule has 4 heteroatoms. The second-order valence-corrected chi connectivity index (χ2v) is 3.85. The lowest BCUT2D eigenvalue weighted by atomic mass is 10.2. The monoisotopic (exact) mass is 205 g/mol. The third-order valence-corrected chi connectivity index (χ3v) is 2.69. The number of nitrogens with zero attached hydrogens (tertiary/aromatic N) is 2. The van der Waals surface area contributed by atoms with Crippen LogP contribution in [0.4, 0.5) is 0 Å². The molecule has 0 fully saturated rings. The molecule has 1 aromatic carbocycles.